The quantitative estimate of drug-likeness (QED) is 0.821. The lowest BCUT2D eigenvalue weighted by Gasteiger charge is -2.10. The van der Waals surface area contributed by atoms with Crippen molar-refractivity contribution in [2.75, 3.05) is 12.3 Å². The zero-order valence-electron chi connectivity index (χ0n) is 11.4. The number of carbonyl (C=O) groups excluding carboxylic acids is 2. The SMILES string of the molecule is CCSc1ncc(C(=O)NCCC2C(=O)CC3CC32)s1. The third-order valence-electron chi connectivity index (χ3n) is 4.09. The molecule has 0 spiro atoms. The Labute approximate surface area is 126 Å². The van der Waals surface area contributed by atoms with E-state index in [4.69, 9.17) is 0 Å². The third kappa shape index (κ3) is 2.91. The summed E-state index contributed by atoms with van der Waals surface area (Å²) in [6, 6.07) is 0. The fraction of sp³-hybridized carbons (Fsp3) is 0.643. The summed E-state index contributed by atoms with van der Waals surface area (Å²) in [5.41, 5.74) is 0. The predicted molar refractivity (Wildman–Crippen MR) is 80.2 cm³/mol. The zero-order chi connectivity index (χ0) is 14.1. The molecule has 1 heterocycles. The topological polar surface area (TPSA) is 59.1 Å². The van der Waals surface area contributed by atoms with Crippen LogP contribution in [0.15, 0.2) is 10.5 Å². The molecule has 3 unspecified atom stereocenters. The smallest absolute Gasteiger partial charge is 0.263 e. The monoisotopic (exact) mass is 310 g/mol. The van der Waals surface area contributed by atoms with E-state index in [9.17, 15) is 9.59 Å². The molecule has 20 heavy (non-hydrogen) atoms. The molecule has 2 aliphatic carbocycles. The van der Waals surface area contributed by atoms with Gasteiger partial charge in [0, 0.05) is 18.9 Å². The maximum absolute atomic E-state index is 12.0. The van der Waals surface area contributed by atoms with Crippen LogP contribution in [-0.4, -0.2) is 29.0 Å². The lowest BCUT2D eigenvalue weighted by Crippen LogP contribution is -2.26. The average molecular weight is 310 g/mol. The van der Waals surface area contributed by atoms with Gasteiger partial charge < -0.3 is 5.32 Å². The van der Waals surface area contributed by atoms with Crippen molar-refractivity contribution in [3.8, 4) is 0 Å². The standard InChI is InChI=1S/C14H18N2O2S2/c1-2-19-14-16-7-12(20-14)13(18)15-4-3-9-10-5-8(10)6-11(9)17/h7-10H,2-6H2,1H3,(H,15,18). The molecule has 3 rings (SSSR count). The van der Waals surface area contributed by atoms with Gasteiger partial charge in [0.15, 0.2) is 4.34 Å². The number of nitrogens with one attached hydrogen (secondary N) is 1. The Morgan fingerprint density at radius 2 is 2.45 bits per heavy atom. The van der Waals surface area contributed by atoms with Gasteiger partial charge in [0.2, 0.25) is 0 Å². The molecule has 108 valence electrons. The summed E-state index contributed by atoms with van der Waals surface area (Å²) in [6.45, 7) is 2.65. The van der Waals surface area contributed by atoms with E-state index < -0.39 is 0 Å². The van der Waals surface area contributed by atoms with Crippen LogP contribution in [0.25, 0.3) is 0 Å². The molecule has 4 nitrogen and oxygen atoms in total. The summed E-state index contributed by atoms with van der Waals surface area (Å²) >= 11 is 3.08. The van der Waals surface area contributed by atoms with Crippen molar-refractivity contribution in [1.29, 1.82) is 0 Å². The van der Waals surface area contributed by atoms with Crippen LogP contribution >= 0.6 is 23.1 Å². The minimum absolute atomic E-state index is 0.0664. The second-order valence-electron chi connectivity index (χ2n) is 5.40. The van der Waals surface area contributed by atoms with E-state index >= 15 is 0 Å². The first-order valence-electron chi connectivity index (χ1n) is 7.08. The first-order chi connectivity index (χ1) is 9.69. The van der Waals surface area contributed by atoms with Gasteiger partial charge in [-0.05, 0) is 30.4 Å². The minimum Gasteiger partial charge on any atom is -0.351 e. The maximum atomic E-state index is 12.0. The summed E-state index contributed by atoms with van der Waals surface area (Å²) < 4.78 is 0.935. The van der Waals surface area contributed by atoms with Crippen molar-refractivity contribution >= 4 is 34.8 Å². The number of thiazole rings is 1. The van der Waals surface area contributed by atoms with E-state index in [1.165, 1.54) is 17.8 Å². The van der Waals surface area contributed by atoms with Gasteiger partial charge in [0.25, 0.3) is 5.91 Å². The third-order valence-corrected chi connectivity index (χ3v) is 6.12. The van der Waals surface area contributed by atoms with Crippen LogP contribution in [0.5, 0.6) is 0 Å². The van der Waals surface area contributed by atoms with Crippen LogP contribution in [0.2, 0.25) is 0 Å². The van der Waals surface area contributed by atoms with Crippen molar-refractivity contribution < 1.29 is 9.59 Å². The number of Topliss-reactive ketones (excluding diaryl/α,β-unsaturated/α-hetero) is 1. The fourth-order valence-electron chi connectivity index (χ4n) is 3.00. The molecule has 2 saturated carbocycles. The maximum Gasteiger partial charge on any atom is 0.263 e. The van der Waals surface area contributed by atoms with Crippen molar-refractivity contribution in [3.05, 3.63) is 11.1 Å². The number of hydrogen-bond acceptors (Lipinski definition) is 5. The normalized spacial score (nSPS) is 27.4. The number of hydrogen-bond donors (Lipinski definition) is 1. The minimum atomic E-state index is -0.0664. The first-order valence-corrected chi connectivity index (χ1v) is 8.88. The molecule has 0 bridgehead atoms. The van der Waals surface area contributed by atoms with E-state index in [1.54, 1.807) is 18.0 Å². The van der Waals surface area contributed by atoms with Crippen LogP contribution in [0, 0.1) is 17.8 Å². The Bertz CT molecular complexity index is 529. The van der Waals surface area contributed by atoms with E-state index in [0.717, 1.165) is 22.9 Å². The molecular formula is C14H18N2O2S2. The Balaban J connectivity index is 1.45. The van der Waals surface area contributed by atoms with Crippen LogP contribution in [-0.2, 0) is 4.79 Å². The molecule has 2 aliphatic rings. The number of aromatic nitrogens is 1. The van der Waals surface area contributed by atoms with Gasteiger partial charge in [0.1, 0.15) is 10.7 Å². The summed E-state index contributed by atoms with van der Waals surface area (Å²) in [4.78, 5) is 28.6. The highest BCUT2D eigenvalue weighted by molar-refractivity contribution is 8.01. The molecule has 6 heteroatoms. The highest BCUT2D eigenvalue weighted by atomic mass is 32.2. The Morgan fingerprint density at radius 3 is 3.15 bits per heavy atom. The van der Waals surface area contributed by atoms with Gasteiger partial charge >= 0.3 is 0 Å². The first kappa shape index (κ1) is 14.1. The number of amides is 1. The van der Waals surface area contributed by atoms with Crippen molar-refractivity contribution in [1.82, 2.24) is 10.3 Å². The molecule has 0 radical (unpaired) electrons. The van der Waals surface area contributed by atoms with E-state index in [0.29, 0.717) is 29.0 Å². The molecule has 1 aromatic heterocycles. The summed E-state index contributed by atoms with van der Waals surface area (Å²) in [7, 11) is 0. The highest BCUT2D eigenvalue weighted by Gasteiger charge is 2.52. The number of nitrogens with zero attached hydrogens (tertiary/aromatic N) is 1. The number of ketones is 1. The number of thioether (sulfide) groups is 1. The molecule has 0 aliphatic heterocycles. The van der Waals surface area contributed by atoms with Crippen molar-refractivity contribution in [3.63, 3.8) is 0 Å². The van der Waals surface area contributed by atoms with Crippen LogP contribution in [0.1, 0.15) is 35.9 Å². The van der Waals surface area contributed by atoms with Gasteiger partial charge in [-0.15, -0.1) is 11.3 Å². The number of fused-ring (bicyclic) bond motifs is 1. The van der Waals surface area contributed by atoms with Crippen LogP contribution in [0.3, 0.4) is 0 Å². The van der Waals surface area contributed by atoms with Crippen LogP contribution in [0.4, 0.5) is 0 Å². The molecule has 0 aromatic carbocycles. The largest absolute Gasteiger partial charge is 0.351 e. The molecular weight excluding hydrogens is 292 g/mol. The van der Waals surface area contributed by atoms with Gasteiger partial charge in [-0.3, -0.25) is 9.59 Å². The van der Waals surface area contributed by atoms with Crippen molar-refractivity contribution in [2.45, 2.75) is 30.5 Å². The van der Waals surface area contributed by atoms with Gasteiger partial charge in [-0.2, -0.15) is 0 Å². The Hall–Kier alpha value is -0.880. The molecule has 1 N–H and O–H groups in total. The van der Waals surface area contributed by atoms with Gasteiger partial charge in [0.05, 0.1) is 6.20 Å². The second kappa shape index (κ2) is 5.85. The lowest BCUT2D eigenvalue weighted by atomic mass is 9.98. The van der Waals surface area contributed by atoms with E-state index in [1.807, 2.05) is 0 Å². The Kier molecular flexibility index (Phi) is 4.12. The molecule has 1 aromatic rings. The lowest BCUT2D eigenvalue weighted by molar-refractivity contribution is -0.121. The van der Waals surface area contributed by atoms with Crippen molar-refractivity contribution in [2.24, 2.45) is 17.8 Å². The number of carbonyl (C=O) groups is 2. The molecule has 3 atom stereocenters. The second-order valence-corrected chi connectivity index (χ2v) is 7.95. The van der Waals surface area contributed by atoms with E-state index in [2.05, 4.69) is 17.2 Å². The number of rotatable bonds is 6. The van der Waals surface area contributed by atoms with E-state index in [-0.39, 0.29) is 11.8 Å². The molecule has 1 amide bonds. The fourth-order valence-corrected chi connectivity index (χ4v) is 4.80. The molecule has 0 saturated heterocycles. The predicted octanol–water partition coefficient (Wildman–Crippen LogP) is 2.60. The highest BCUT2D eigenvalue weighted by Crippen LogP contribution is 2.54. The summed E-state index contributed by atoms with van der Waals surface area (Å²) in [6.07, 6.45) is 4.42. The average Bonchev–Trinajstić information content (AvgIpc) is 2.88. The van der Waals surface area contributed by atoms with Gasteiger partial charge in [-0.1, -0.05) is 18.7 Å². The Morgan fingerprint density at radius 1 is 1.60 bits per heavy atom. The zero-order valence-corrected chi connectivity index (χ0v) is 13.1. The van der Waals surface area contributed by atoms with Crippen LogP contribution < -0.4 is 5.32 Å². The van der Waals surface area contributed by atoms with Gasteiger partial charge in [-0.25, -0.2) is 4.98 Å². The molecule has 2 fully saturated rings. The summed E-state index contributed by atoms with van der Waals surface area (Å²) in [5, 5.41) is 2.91. The summed E-state index contributed by atoms with van der Waals surface area (Å²) in [5.74, 6) is 2.78.